The molecule has 3 nitrogen and oxygen atoms in total. The molecule has 0 aromatic heterocycles. The number of nitrogens with zero attached hydrogens (tertiary/aromatic N) is 1. The van der Waals surface area contributed by atoms with Crippen LogP contribution >= 0.6 is 0 Å². The van der Waals surface area contributed by atoms with E-state index in [1.54, 1.807) is 0 Å². The molecule has 0 radical (unpaired) electrons. The lowest BCUT2D eigenvalue weighted by Gasteiger charge is -2.36. The highest BCUT2D eigenvalue weighted by Crippen LogP contribution is 2.39. The molecule has 1 heterocycles. The van der Waals surface area contributed by atoms with Gasteiger partial charge in [-0.1, -0.05) is 6.92 Å². The zero-order valence-corrected chi connectivity index (χ0v) is 9.83. The quantitative estimate of drug-likeness (QED) is 0.748. The average molecular weight is 210 g/mol. The normalized spacial score (nSPS) is 27.5. The molecule has 3 heteroatoms. The first-order valence-electron chi connectivity index (χ1n) is 6.10. The van der Waals surface area contributed by atoms with Gasteiger partial charge >= 0.3 is 0 Å². The van der Waals surface area contributed by atoms with Gasteiger partial charge in [-0.3, -0.25) is 4.79 Å². The van der Waals surface area contributed by atoms with Gasteiger partial charge in [-0.15, -0.1) is 0 Å². The largest absolute Gasteiger partial charge is 0.341 e. The van der Waals surface area contributed by atoms with E-state index in [1.807, 2.05) is 11.8 Å². The van der Waals surface area contributed by atoms with Gasteiger partial charge in [0.05, 0.1) is 5.54 Å². The zero-order chi connectivity index (χ0) is 11.1. The van der Waals surface area contributed by atoms with E-state index in [-0.39, 0.29) is 5.91 Å². The number of rotatable bonds is 2. The predicted octanol–water partition coefficient (Wildman–Crippen LogP) is 1.37. The smallest absolute Gasteiger partial charge is 0.242 e. The van der Waals surface area contributed by atoms with Crippen LogP contribution in [0.1, 0.15) is 39.5 Å². The summed E-state index contributed by atoms with van der Waals surface area (Å²) in [6, 6.07) is 0. The monoisotopic (exact) mass is 210 g/mol. The molecular weight excluding hydrogens is 188 g/mol. The number of carbonyl (C=O) groups excluding carboxylic acids is 1. The summed E-state index contributed by atoms with van der Waals surface area (Å²) in [5, 5.41) is 0. The second kappa shape index (κ2) is 3.78. The molecule has 1 amide bonds. The van der Waals surface area contributed by atoms with Crippen molar-refractivity contribution in [1.82, 2.24) is 4.90 Å². The molecule has 1 atom stereocenters. The fraction of sp³-hybridized carbons (Fsp3) is 0.917. The SMILES string of the molecule is CC1CCN(C(=O)C(C)(N)C2CC2)CC1. The highest BCUT2D eigenvalue weighted by molar-refractivity contribution is 5.86. The highest BCUT2D eigenvalue weighted by Gasteiger charge is 2.46. The summed E-state index contributed by atoms with van der Waals surface area (Å²) in [5.74, 6) is 1.38. The Morgan fingerprint density at radius 3 is 2.27 bits per heavy atom. The Hall–Kier alpha value is -0.570. The van der Waals surface area contributed by atoms with Crippen LogP contribution in [-0.4, -0.2) is 29.4 Å². The number of piperidine rings is 1. The van der Waals surface area contributed by atoms with Gasteiger partial charge in [0.1, 0.15) is 0 Å². The Balaban J connectivity index is 1.95. The molecule has 1 unspecified atom stereocenters. The van der Waals surface area contributed by atoms with Crippen molar-refractivity contribution in [3.05, 3.63) is 0 Å². The molecule has 2 rings (SSSR count). The molecule has 0 spiro atoms. The van der Waals surface area contributed by atoms with Crippen molar-refractivity contribution in [2.24, 2.45) is 17.6 Å². The van der Waals surface area contributed by atoms with Crippen molar-refractivity contribution in [2.75, 3.05) is 13.1 Å². The highest BCUT2D eigenvalue weighted by atomic mass is 16.2. The zero-order valence-electron chi connectivity index (χ0n) is 9.83. The van der Waals surface area contributed by atoms with Crippen LogP contribution in [0.3, 0.4) is 0 Å². The number of likely N-dealkylation sites (tertiary alicyclic amines) is 1. The van der Waals surface area contributed by atoms with Gasteiger partial charge in [0, 0.05) is 13.1 Å². The fourth-order valence-electron chi connectivity index (χ4n) is 2.41. The third-order valence-corrected chi connectivity index (χ3v) is 3.96. The summed E-state index contributed by atoms with van der Waals surface area (Å²) >= 11 is 0. The Morgan fingerprint density at radius 2 is 1.80 bits per heavy atom. The molecule has 1 aliphatic carbocycles. The molecule has 0 bridgehead atoms. The topological polar surface area (TPSA) is 46.3 Å². The van der Waals surface area contributed by atoms with Gasteiger partial charge in [0.25, 0.3) is 0 Å². The summed E-state index contributed by atoms with van der Waals surface area (Å²) in [4.78, 5) is 14.2. The van der Waals surface area contributed by atoms with Crippen molar-refractivity contribution in [2.45, 2.75) is 45.1 Å². The van der Waals surface area contributed by atoms with Gasteiger partial charge < -0.3 is 10.6 Å². The lowest BCUT2D eigenvalue weighted by atomic mass is 9.92. The predicted molar refractivity (Wildman–Crippen MR) is 60.3 cm³/mol. The van der Waals surface area contributed by atoms with E-state index < -0.39 is 5.54 Å². The van der Waals surface area contributed by atoms with E-state index in [0.717, 1.165) is 44.7 Å². The number of carbonyl (C=O) groups is 1. The third kappa shape index (κ3) is 2.17. The van der Waals surface area contributed by atoms with Crippen LogP contribution in [0.25, 0.3) is 0 Å². The van der Waals surface area contributed by atoms with Gasteiger partial charge in [0.15, 0.2) is 0 Å². The van der Waals surface area contributed by atoms with Gasteiger partial charge in [0.2, 0.25) is 5.91 Å². The Bertz CT molecular complexity index is 250. The maximum Gasteiger partial charge on any atom is 0.242 e. The second-order valence-electron chi connectivity index (χ2n) is 5.53. The molecule has 1 saturated carbocycles. The molecule has 2 aliphatic rings. The molecule has 0 aromatic carbocycles. The van der Waals surface area contributed by atoms with Gasteiger partial charge in [-0.2, -0.15) is 0 Å². The van der Waals surface area contributed by atoms with Crippen LogP contribution in [0.5, 0.6) is 0 Å². The van der Waals surface area contributed by atoms with Crippen LogP contribution in [-0.2, 0) is 4.79 Å². The minimum Gasteiger partial charge on any atom is -0.341 e. The first-order valence-corrected chi connectivity index (χ1v) is 6.10. The second-order valence-corrected chi connectivity index (χ2v) is 5.53. The molecule has 2 fully saturated rings. The minimum absolute atomic E-state index is 0.178. The average Bonchev–Trinajstić information content (AvgIpc) is 3.01. The molecule has 2 N–H and O–H groups in total. The van der Waals surface area contributed by atoms with E-state index in [4.69, 9.17) is 5.73 Å². The fourth-order valence-corrected chi connectivity index (χ4v) is 2.41. The van der Waals surface area contributed by atoms with Crippen LogP contribution in [0.2, 0.25) is 0 Å². The molecule has 1 aliphatic heterocycles. The number of nitrogens with two attached hydrogens (primary N) is 1. The third-order valence-electron chi connectivity index (χ3n) is 3.96. The molecular formula is C12H22N2O. The minimum atomic E-state index is -0.597. The Labute approximate surface area is 92.0 Å². The van der Waals surface area contributed by atoms with Crippen molar-refractivity contribution in [3.8, 4) is 0 Å². The van der Waals surface area contributed by atoms with E-state index in [9.17, 15) is 4.79 Å². The van der Waals surface area contributed by atoms with Crippen molar-refractivity contribution in [3.63, 3.8) is 0 Å². The Morgan fingerprint density at radius 1 is 1.27 bits per heavy atom. The molecule has 0 aromatic rings. The number of hydrogen-bond donors (Lipinski definition) is 1. The van der Waals surface area contributed by atoms with Crippen molar-refractivity contribution < 1.29 is 4.79 Å². The maximum absolute atomic E-state index is 12.2. The van der Waals surface area contributed by atoms with E-state index in [0.29, 0.717) is 5.92 Å². The van der Waals surface area contributed by atoms with Crippen molar-refractivity contribution in [1.29, 1.82) is 0 Å². The summed E-state index contributed by atoms with van der Waals surface area (Å²) < 4.78 is 0. The first kappa shape index (κ1) is 10.9. The lowest BCUT2D eigenvalue weighted by molar-refractivity contribution is -0.138. The maximum atomic E-state index is 12.2. The first-order chi connectivity index (χ1) is 7.01. The van der Waals surface area contributed by atoms with E-state index >= 15 is 0 Å². The van der Waals surface area contributed by atoms with Crippen molar-refractivity contribution >= 4 is 5.91 Å². The van der Waals surface area contributed by atoms with Crippen LogP contribution in [0.4, 0.5) is 0 Å². The summed E-state index contributed by atoms with van der Waals surface area (Å²) in [5.41, 5.74) is 5.54. The van der Waals surface area contributed by atoms with E-state index in [2.05, 4.69) is 6.92 Å². The van der Waals surface area contributed by atoms with Gasteiger partial charge in [-0.25, -0.2) is 0 Å². The summed E-state index contributed by atoms with van der Waals surface area (Å²) in [7, 11) is 0. The number of amides is 1. The van der Waals surface area contributed by atoms with E-state index in [1.165, 1.54) is 0 Å². The van der Waals surface area contributed by atoms with Crippen LogP contribution in [0.15, 0.2) is 0 Å². The Kier molecular flexibility index (Phi) is 2.75. The number of hydrogen-bond acceptors (Lipinski definition) is 2. The summed E-state index contributed by atoms with van der Waals surface area (Å²) in [6.07, 6.45) is 4.52. The molecule has 86 valence electrons. The van der Waals surface area contributed by atoms with Gasteiger partial charge in [-0.05, 0) is 44.4 Å². The lowest BCUT2D eigenvalue weighted by Crippen LogP contribution is -2.56. The standard InChI is InChI=1S/C12H22N2O/c1-9-5-7-14(8-6-9)11(15)12(2,13)10-3-4-10/h9-10H,3-8,13H2,1-2H3. The van der Waals surface area contributed by atoms with Crippen LogP contribution < -0.4 is 5.73 Å². The molecule has 15 heavy (non-hydrogen) atoms. The summed E-state index contributed by atoms with van der Waals surface area (Å²) in [6.45, 7) is 5.97. The molecule has 1 saturated heterocycles. The van der Waals surface area contributed by atoms with Crippen LogP contribution in [0, 0.1) is 11.8 Å².